The number of aromatic hydroxyl groups is 1. The maximum atomic E-state index is 10.8. The molecule has 0 saturated carbocycles. The molecule has 5 heteroatoms. The van der Waals surface area contributed by atoms with Gasteiger partial charge in [-0.2, -0.15) is 0 Å². The van der Waals surface area contributed by atoms with Crippen LogP contribution in [0.2, 0.25) is 0 Å². The molecule has 0 aliphatic carbocycles. The molecular formula is C14H21NO4. The van der Waals surface area contributed by atoms with Crippen molar-refractivity contribution in [2.75, 3.05) is 7.11 Å². The molecule has 0 radical (unpaired) electrons. The Hall–Kier alpha value is -1.75. The van der Waals surface area contributed by atoms with E-state index >= 15 is 0 Å². The van der Waals surface area contributed by atoms with Crippen molar-refractivity contribution < 1.29 is 19.7 Å². The van der Waals surface area contributed by atoms with Gasteiger partial charge in [-0.25, -0.2) is 0 Å². The van der Waals surface area contributed by atoms with Gasteiger partial charge in [-0.1, -0.05) is 20.8 Å². The molecule has 0 aliphatic heterocycles. The summed E-state index contributed by atoms with van der Waals surface area (Å²) < 4.78 is 5.26. The summed E-state index contributed by atoms with van der Waals surface area (Å²) in [4.78, 5) is 10.8. The number of phenolic OH excluding ortho intramolecular Hbond substituents is 1. The summed E-state index contributed by atoms with van der Waals surface area (Å²) in [6.45, 7) is 5.93. The van der Waals surface area contributed by atoms with Crippen LogP contribution in [0.1, 0.15) is 31.9 Å². The molecule has 0 bridgehead atoms. The zero-order valence-corrected chi connectivity index (χ0v) is 11.7. The van der Waals surface area contributed by atoms with Crippen molar-refractivity contribution >= 4 is 5.97 Å². The Kier molecular flexibility index (Phi) is 4.42. The van der Waals surface area contributed by atoms with Crippen LogP contribution in [0.3, 0.4) is 0 Å². The van der Waals surface area contributed by atoms with E-state index in [0.717, 1.165) is 5.56 Å². The van der Waals surface area contributed by atoms with Gasteiger partial charge in [0.1, 0.15) is 17.5 Å². The summed E-state index contributed by atoms with van der Waals surface area (Å²) in [5, 5.41) is 18.9. The molecule has 0 fully saturated rings. The summed E-state index contributed by atoms with van der Waals surface area (Å²) in [5.41, 5.74) is 6.61. The Labute approximate surface area is 113 Å². The van der Waals surface area contributed by atoms with Gasteiger partial charge in [0.2, 0.25) is 0 Å². The maximum Gasteiger partial charge on any atom is 0.320 e. The Morgan fingerprint density at radius 3 is 2.42 bits per heavy atom. The zero-order valence-electron chi connectivity index (χ0n) is 11.7. The summed E-state index contributed by atoms with van der Waals surface area (Å²) in [6, 6.07) is 2.25. The lowest BCUT2D eigenvalue weighted by Crippen LogP contribution is -2.32. The van der Waals surface area contributed by atoms with E-state index in [0.29, 0.717) is 11.3 Å². The normalized spacial score (nSPS) is 13.1. The molecule has 4 N–H and O–H groups in total. The van der Waals surface area contributed by atoms with Crippen molar-refractivity contribution in [3.63, 3.8) is 0 Å². The average molecular weight is 267 g/mol. The van der Waals surface area contributed by atoms with Crippen LogP contribution in [0, 0.1) is 0 Å². The van der Waals surface area contributed by atoms with E-state index in [1.165, 1.54) is 13.2 Å². The fraction of sp³-hybridized carbons (Fsp3) is 0.500. The lowest BCUT2D eigenvalue weighted by Gasteiger charge is -2.23. The van der Waals surface area contributed by atoms with Crippen LogP contribution in [0.25, 0.3) is 0 Å². The van der Waals surface area contributed by atoms with Crippen molar-refractivity contribution in [3.05, 3.63) is 23.3 Å². The minimum absolute atomic E-state index is 0.108. The Balaban J connectivity index is 3.21. The number of benzene rings is 1. The van der Waals surface area contributed by atoms with Gasteiger partial charge in [0.25, 0.3) is 0 Å². The first-order valence-corrected chi connectivity index (χ1v) is 6.05. The van der Waals surface area contributed by atoms with E-state index in [2.05, 4.69) is 0 Å². The molecule has 106 valence electrons. The number of carboxylic acid groups (broad SMARTS) is 1. The number of carboxylic acids is 1. The number of rotatable bonds is 4. The monoisotopic (exact) mass is 267 g/mol. The molecule has 1 rings (SSSR count). The third kappa shape index (κ3) is 3.61. The minimum Gasteiger partial charge on any atom is -0.508 e. The van der Waals surface area contributed by atoms with Crippen LogP contribution in [-0.2, 0) is 16.6 Å². The zero-order chi connectivity index (χ0) is 14.8. The molecule has 0 heterocycles. The number of nitrogens with two attached hydrogens (primary N) is 1. The van der Waals surface area contributed by atoms with Gasteiger partial charge >= 0.3 is 5.97 Å². The molecule has 1 atom stereocenters. The van der Waals surface area contributed by atoms with Crippen LogP contribution in [0.15, 0.2) is 12.1 Å². The topological polar surface area (TPSA) is 92.8 Å². The van der Waals surface area contributed by atoms with Gasteiger partial charge in [0, 0.05) is 12.0 Å². The maximum absolute atomic E-state index is 10.8. The Morgan fingerprint density at radius 1 is 1.42 bits per heavy atom. The molecule has 5 nitrogen and oxygen atoms in total. The summed E-state index contributed by atoms with van der Waals surface area (Å²) in [6.07, 6.45) is 0.108. The highest BCUT2D eigenvalue weighted by Crippen LogP contribution is 2.36. The van der Waals surface area contributed by atoms with Crippen molar-refractivity contribution in [1.82, 2.24) is 0 Å². The van der Waals surface area contributed by atoms with Crippen LogP contribution < -0.4 is 10.5 Å². The van der Waals surface area contributed by atoms with Crippen LogP contribution in [-0.4, -0.2) is 29.3 Å². The molecule has 1 aromatic carbocycles. The molecular weight excluding hydrogens is 246 g/mol. The molecule has 0 aliphatic rings. The second kappa shape index (κ2) is 5.48. The molecule has 19 heavy (non-hydrogen) atoms. The first-order chi connectivity index (χ1) is 8.66. The first kappa shape index (κ1) is 15.3. The van der Waals surface area contributed by atoms with Crippen LogP contribution in [0.4, 0.5) is 0 Å². The summed E-state index contributed by atoms with van der Waals surface area (Å²) in [7, 11) is 1.51. The number of hydrogen-bond acceptors (Lipinski definition) is 4. The lowest BCUT2D eigenvalue weighted by atomic mass is 9.85. The number of carbonyl (C=O) groups is 1. The fourth-order valence-corrected chi connectivity index (χ4v) is 1.89. The predicted molar refractivity (Wildman–Crippen MR) is 72.7 cm³/mol. The molecule has 0 aromatic heterocycles. The molecule has 0 amide bonds. The highest BCUT2D eigenvalue weighted by atomic mass is 16.5. The van der Waals surface area contributed by atoms with Crippen molar-refractivity contribution in [3.8, 4) is 11.5 Å². The number of ether oxygens (including phenoxy) is 1. The van der Waals surface area contributed by atoms with Gasteiger partial charge < -0.3 is 20.7 Å². The number of aliphatic carboxylic acids is 1. The SMILES string of the molecule is COc1cc(C(C)(C)C)c(O)cc1CC(N)C(=O)O. The highest BCUT2D eigenvalue weighted by molar-refractivity contribution is 5.73. The fourth-order valence-electron chi connectivity index (χ4n) is 1.89. The van der Waals surface area contributed by atoms with Crippen LogP contribution >= 0.6 is 0 Å². The first-order valence-electron chi connectivity index (χ1n) is 6.05. The van der Waals surface area contributed by atoms with E-state index in [-0.39, 0.29) is 17.6 Å². The number of hydrogen-bond donors (Lipinski definition) is 3. The molecule has 1 unspecified atom stereocenters. The lowest BCUT2D eigenvalue weighted by molar-refractivity contribution is -0.138. The van der Waals surface area contributed by atoms with Gasteiger partial charge in [-0.3, -0.25) is 4.79 Å². The second-order valence-electron chi connectivity index (χ2n) is 5.58. The van der Waals surface area contributed by atoms with Gasteiger partial charge in [-0.15, -0.1) is 0 Å². The predicted octanol–water partition coefficient (Wildman–Crippen LogP) is 1.65. The number of phenols is 1. The van der Waals surface area contributed by atoms with E-state index in [9.17, 15) is 9.90 Å². The van der Waals surface area contributed by atoms with Gasteiger partial charge in [0.05, 0.1) is 7.11 Å². The van der Waals surface area contributed by atoms with Crippen LogP contribution in [0.5, 0.6) is 11.5 Å². The van der Waals surface area contributed by atoms with E-state index in [1.807, 2.05) is 20.8 Å². The van der Waals surface area contributed by atoms with E-state index < -0.39 is 12.0 Å². The standard InChI is InChI=1S/C14H21NO4/c1-14(2,3)9-7-12(19-4)8(6-11(9)16)5-10(15)13(17)18/h6-7,10,16H,5,15H2,1-4H3,(H,17,18). The largest absolute Gasteiger partial charge is 0.508 e. The second-order valence-corrected chi connectivity index (χ2v) is 5.58. The summed E-state index contributed by atoms with van der Waals surface area (Å²) in [5.74, 6) is -0.415. The van der Waals surface area contributed by atoms with Gasteiger partial charge in [-0.05, 0) is 23.1 Å². The number of methoxy groups -OCH3 is 1. The minimum atomic E-state index is -1.08. The summed E-state index contributed by atoms with van der Waals surface area (Å²) >= 11 is 0. The average Bonchev–Trinajstić information content (AvgIpc) is 2.27. The Morgan fingerprint density at radius 2 is 2.00 bits per heavy atom. The Bertz CT molecular complexity index is 477. The molecule has 0 saturated heterocycles. The highest BCUT2D eigenvalue weighted by Gasteiger charge is 2.22. The quantitative estimate of drug-likeness (QED) is 0.771. The molecule has 0 spiro atoms. The van der Waals surface area contributed by atoms with Crippen molar-refractivity contribution in [2.24, 2.45) is 5.73 Å². The van der Waals surface area contributed by atoms with Gasteiger partial charge in [0.15, 0.2) is 0 Å². The third-order valence-corrected chi connectivity index (χ3v) is 2.96. The van der Waals surface area contributed by atoms with Crippen molar-refractivity contribution in [2.45, 2.75) is 38.6 Å². The molecule has 1 aromatic rings. The van der Waals surface area contributed by atoms with Crippen molar-refractivity contribution in [1.29, 1.82) is 0 Å². The smallest absolute Gasteiger partial charge is 0.320 e. The third-order valence-electron chi connectivity index (χ3n) is 2.96. The van der Waals surface area contributed by atoms with E-state index in [1.54, 1.807) is 6.07 Å². The van der Waals surface area contributed by atoms with E-state index in [4.69, 9.17) is 15.6 Å².